The van der Waals surface area contributed by atoms with Crippen molar-refractivity contribution >= 4 is 35.0 Å². The van der Waals surface area contributed by atoms with Gasteiger partial charge in [-0.15, -0.1) is 0 Å². The molecule has 2 amide bonds. The predicted octanol–water partition coefficient (Wildman–Crippen LogP) is 5.69. The summed E-state index contributed by atoms with van der Waals surface area (Å²) in [4.78, 5) is 28.5. The highest BCUT2D eigenvalue weighted by molar-refractivity contribution is 8.05. The van der Waals surface area contributed by atoms with E-state index in [1.807, 2.05) is 57.2 Å². The molecule has 0 bridgehead atoms. The van der Waals surface area contributed by atoms with Crippen LogP contribution in [0.5, 0.6) is 5.75 Å². The van der Waals surface area contributed by atoms with E-state index in [0.29, 0.717) is 28.6 Å². The Labute approximate surface area is 215 Å². The molecular weight excluding hydrogens is 470 g/mol. The number of carbonyl (C=O) groups excluding carboxylic acids is 2. The van der Waals surface area contributed by atoms with Gasteiger partial charge in [-0.3, -0.25) is 14.5 Å². The molecule has 0 spiro atoms. The van der Waals surface area contributed by atoms with Gasteiger partial charge in [0.25, 0.3) is 5.91 Å². The number of carbonyl (C=O) groups is 2. The van der Waals surface area contributed by atoms with E-state index in [0.717, 1.165) is 22.3 Å². The topological polar surface area (TPSA) is 82.4 Å². The smallest absolute Gasteiger partial charge is 0.269 e. The van der Waals surface area contributed by atoms with Gasteiger partial charge in [-0.05, 0) is 68.1 Å². The van der Waals surface area contributed by atoms with Crippen molar-refractivity contribution in [3.8, 4) is 11.8 Å². The lowest BCUT2D eigenvalue weighted by atomic mass is 10.1. The second-order valence-corrected chi connectivity index (χ2v) is 9.88. The van der Waals surface area contributed by atoms with Crippen LogP contribution in [0.1, 0.15) is 22.3 Å². The zero-order valence-electron chi connectivity index (χ0n) is 20.7. The lowest BCUT2D eigenvalue weighted by Gasteiger charge is -2.20. The molecule has 0 saturated carbocycles. The number of benzene rings is 3. The van der Waals surface area contributed by atoms with E-state index >= 15 is 0 Å². The van der Waals surface area contributed by atoms with Crippen LogP contribution in [0, 0.1) is 32.1 Å². The van der Waals surface area contributed by atoms with Crippen LogP contribution in [-0.2, 0) is 16.0 Å². The molecule has 1 aliphatic rings. The second-order valence-electron chi connectivity index (χ2n) is 8.69. The van der Waals surface area contributed by atoms with E-state index in [4.69, 9.17) is 4.74 Å². The molecule has 0 radical (unpaired) electrons. The number of hydrogen-bond acceptors (Lipinski definition) is 5. The van der Waals surface area contributed by atoms with Crippen molar-refractivity contribution in [3.63, 3.8) is 0 Å². The summed E-state index contributed by atoms with van der Waals surface area (Å²) in [6, 6.07) is 22.8. The summed E-state index contributed by atoms with van der Waals surface area (Å²) in [7, 11) is 1.51. The molecule has 0 aromatic heterocycles. The lowest BCUT2D eigenvalue weighted by Crippen LogP contribution is -2.31. The van der Waals surface area contributed by atoms with Gasteiger partial charge in [0.05, 0.1) is 18.0 Å². The maximum atomic E-state index is 13.7. The maximum Gasteiger partial charge on any atom is 0.269 e. The average Bonchev–Trinajstić information content (AvgIpc) is 3.17. The number of nitrogens with one attached hydrogen (secondary N) is 1. The van der Waals surface area contributed by atoms with Gasteiger partial charge in [0.15, 0.2) is 0 Å². The van der Waals surface area contributed by atoms with Crippen molar-refractivity contribution in [2.24, 2.45) is 0 Å². The Hall–Kier alpha value is -4.02. The van der Waals surface area contributed by atoms with E-state index in [1.165, 1.54) is 23.8 Å². The molecule has 0 aliphatic carbocycles. The number of amides is 2. The highest BCUT2D eigenvalue weighted by Crippen LogP contribution is 2.42. The van der Waals surface area contributed by atoms with Gasteiger partial charge >= 0.3 is 0 Å². The minimum absolute atomic E-state index is 0.121. The zero-order valence-corrected chi connectivity index (χ0v) is 21.5. The van der Waals surface area contributed by atoms with E-state index in [-0.39, 0.29) is 11.5 Å². The number of nitrogens with zero attached hydrogens (tertiary/aromatic N) is 2. The average molecular weight is 498 g/mol. The summed E-state index contributed by atoms with van der Waals surface area (Å²) in [5.74, 6) is -0.272. The molecule has 1 fully saturated rings. The Balaban J connectivity index is 1.76. The molecule has 1 N–H and O–H groups in total. The maximum absolute atomic E-state index is 13.7. The number of aryl methyl sites for hydroxylation is 3. The van der Waals surface area contributed by atoms with Crippen molar-refractivity contribution in [2.45, 2.75) is 32.4 Å². The van der Waals surface area contributed by atoms with Crippen LogP contribution in [0.15, 0.2) is 77.3 Å². The number of methoxy groups -OCH3 is 1. The van der Waals surface area contributed by atoms with Crippen LogP contribution < -0.4 is 15.0 Å². The van der Waals surface area contributed by atoms with Gasteiger partial charge < -0.3 is 10.1 Å². The van der Waals surface area contributed by atoms with Crippen LogP contribution >= 0.6 is 11.8 Å². The Morgan fingerprint density at radius 1 is 1.06 bits per heavy atom. The van der Waals surface area contributed by atoms with Crippen LogP contribution in [0.3, 0.4) is 0 Å². The number of rotatable bonds is 6. The van der Waals surface area contributed by atoms with Crippen LogP contribution in [-0.4, -0.2) is 24.2 Å². The fourth-order valence-corrected chi connectivity index (χ4v) is 5.38. The third-order valence-electron chi connectivity index (χ3n) is 6.11. The molecule has 7 heteroatoms. The SMILES string of the molecule is COc1ccccc1NC(=O)/C(C#N)=C1\SC(Cc2cccc(C)c2)C(=O)N1c1ccc(C)c(C)c1. The van der Waals surface area contributed by atoms with Gasteiger partial charge in [-0.2, -0.15) is 5.26 Å². The molecular formula is C29H27N3O3S. The number of hydrogen-bond donors (Lipinski definition) is 1. The number of para-hydroxylation sites is 2. The van der Waals surface area contributed by atoms with E-state index < -0.39 is 11.2 Å². The highest BCUT2D eigenvalue weighted by Gasteiger charge is 2.41. The monoisotopic (exact) mass is 497 g/mol. The Morgan fingerprint density at radius 2 is 1.83 bits per heavy atom. The molecule has 6 nitrogen and oxygen atoms in total. The van der Waals surface area contributed by atoms with Crippen molar-refractivity contribution in [1.29, 1.82) is 5.26 Å². The summed E-state index contributed by atoms with van der Waals surface area (Å²) in [6.45, 7) is 5.98. The fraction of sp³-hybridized carbons (Fsp3) is 0.207. The third kappa shape index (κ3) is 5.14. The van der Waals surface area contributed by atoms with Crippen molar-refractivity contribution in [1.82, 2.24) is 0 Å². The van der Waals surface area contributed by atoms with Crippen molar-refractivity contribution in [2.75, 3.05) is 17.3 Å². The van der Waals surface area contributed by atoms with Crippen LogP contribution in [0.2, 0.25) is 0 Å². The molecule has 1 atom stereocenters. The summed E-state index contributed by atoms with van der Waals surface area (Å²) >= 11 is 1.26. The quantitative estimate of drug-likeness (QED) is 0.350. The van der Waals surface area contributed by atoms with Crippen LogP contribution in [0.4, 0.5) is 11.4 Å². The lowest BCUT2D eigenvalue weighted by molar-refractivity contribution is -0.117. The van der Waals surface area contributed by atoms with Crippen LogP contribution in [0.25, 0.3) is 0 Å². The fourth-order valence-electron chi connectivity index (χ4n) is 4.07. The number of thioether (sulfide) groups is 1. The molecule has 182 valence electrons. The van der Waals surface area contributed by atoms with E-state index in [1.54, 1.807) is 24.3 Å². The first kappa shape index (κ1) is 25.1. The van der Waals surface area contributed by atoms with E-state index in [2.05, 4.69) is 17.5 Å². The third-order valence-corrected chi connectivity index (χ3v) is 7.38. The summed E-state index contributed by atoms with van der Waals surface area (Å²) in [6.07, 6.45) is 0.489. The normalized spacial score (nSPS) is 16.5. The molecule has 1 heterocycles. The van der Waals surface area contributed by atoms with Gasteiger partial charge in [0, 0.05) is 5.69 Å². The minimum Gasteiger partial charge on any atom is -0.495 e. The summed E-state index contributed by atoms with van der Waals surface area (Å²) in [5, 5.41) is 12.7. The molecule has 1 aliphatic heterocycles. The molecule has 3 aromatic rings. The van der Waals surface area contributed by atoms with Gasteiger partial charge in [0.2, 0.25) is 5.91 Å². The highest BCUT2D eigenvalue weighted by atomic mass is 32.2. The van der Waals surface area contributed by atoms with Crippen molar-refractivity contribution < 1.29 is 14.3 Å². The Kier molecular flexibility index (Phi) is 7.47. The zero-order chi connectivity index (χ0) is 25.8. The molecule has 3 aromatic carbocycles. The van der Waals surface area contributed by atoms with Gasteiger partial charge in [-0.1, -0.05) is 59.8 Å². The molecule has 4 rings (SSSR count). The largest absolute Gasteiger partial charge is 0.495 e. The number of ether oxygens (including phenoxy) is 1. The number of nitriles is 1. The molecule has 1 saturated heterocycles. The summed E-state index contributed by atoms with van der Waals surface area (Å²) < 4.78 is 5.33. The Bertz CT molecular complexity index is 1410. The first-order valence-electron chi connectivity index (χ1n) is 11.5. The number of anilines is 2. The minimum atomic E-state index is -0.595. The summed E-state index contributed by atoms with van der Waals surface area (Å²) in [5.41, 5.74) is 5.21. The molecule has 1 unspecified atom stereocenters. The van der Waals surface area contributed by atoms with Crippen molar-refractivity contribution in [3.05, 3.63) is 99.6 Å². The van der Waals surface area contributed by atoms with Gasteiger partial charge in [0.1, 0.15) is 22.4 Å². The molecule has 36 heavy (non-hydrogen) atoms. The van der Waals surface area contributed by atoms with E-state index in [9.17, 15) is 14.9 Å². The van der Waals surface area contributed by atoms with Gasteiger partial charge in [-0.25, -0.2) is 0 Å². The first-order chi connectivity index (χ1) is 17.3. The standard InChI is InChI=1S/C29H27N3O3S/c1-18-8-7-9-21(14-18)16-26-28(34)32(22-13-12-19(2)20(3)15-22)29(36-26)23(17-30)27(33)31-24-10-5-6-11-25(24)35-4/h5-15,26H,16H2,1-4H3,(H,31,33)/b29-23-. The first-order valence-corrected chi connectivity index (χ1v) is 12.4. The Morgan fingerprint density at radius 3 is 2.53 bits per heavy atom. The second kappa shape index (κ2) is 10.7. The predicted molar refractivity (Wildman–Crippen MR) is 144 cm³/mol.